The Bertz CT molecular complexity index is 904. The maximum Gasteiger partial charge on any atom is 0.573 e. The summed E-state index contributed by atoms with van der Waals surface area (Å²) in [7, 11) is 0. The molecule has 1 aromatic rings. The van der Waals surface area contributed by atoms with Crippen molar-refractivity contribution < 1.29 is 32.9 Å². The molecule has 30 heavy (non-hydrogen) atoms. The molecule has 0 bridgehead atoms. The van der Waals surface area contributed by atoms with Crippen LogP contribution in [0.1, 0.15) is 39.2 Å². The van der Waals surface area contributed by atoms with Crippen molar-refractivity contribution in [2.45, 2.75) is 51.9 Å². The van der Waals surface area contributed by atoms with Crippen LogP contribution >= 0.6 is 0 Å². The normalized spacial score (nSPS) is 22.3. The molecule has 1 aliphatic carbocycles. The lowest BCUT2D eigenvalue weighted by Crippen LogP contribution is -2.44. The Balaban J connectivity index is 1.69. The van der Waals surface area contributed by atoms with Crippen LogP contribution in [0, 0.1) is 5.41 Å². The number of hydrogen-bond acceptors (Lipinski definition) is 4. The second-order valence-electron chi connectivity index (χ2n) is 8.77. The number of halogens is 3. The Morgan fingerprint density at radius 1 is 1.27 bits per heavy atom. The van der Waals surface area contributed by atoms with E-state index in [0.717, 1.165) is 11.1 Å². The summed E-state index contributed by atoms with van der Waals surface area (Å²) in [6.45, 7) is 7.03. The Labute approximate surface area is 173 Å². The molecule has 3 rings (SSSR count). The second kappa shape index (κ2) is 7.65. The van der Waals surface area contributed by atoms with Gasteiger partial charge in [0.05, 0.1) is 5.41 Å². The summed E-state index contributed by atoms with van der Waals surface area (Å²) in [5.41, 5.74) is 1.36. The number of allylic oxidation sites excluding steroid dienone is 1. The van der Waals surface area contributed by atoms with Crippen LogP contribution in [0.5, 0.6) is 11.5 Å². The molecule has 1 heterocycles. The van der Waals surface area contributed by atoms with Gasteiger partial charge in [0.25, 0.3) is 0 Å². The number of carboxylic acids is 1. The number of carbonyl (C=O) groups is 1. The summed E-state index contributed by atoms with van der Waals surface area (Å²) in [6.07, 6.45) is 0.607. The van der Waals surface area contributed by atoms with Gasteiger partial charge < -0.3 is 14.9 Å². The van der Waals surface area contributed by atoms with E-state index in [-0.39, 0.29) is 5.54 Å². The van der Waals surface area contributed by atoms with Crippen LogP contribution in [0.25, 0.3) is 0 Å². The highest BCUT2D eigenvalue weighted by Crippen LogP contribution is 2.43. The first-order valence-corrected chi connectivity index (χ1v) is 9.77. The van der Waals surface area contributed by atoms with Crippen LogP contribution < -0.4 is 4.74 Å². The number of alkyl halides is 3. The topological polar surface area (TPSA) is 70.0 Å². The number of ether oxygens (including phenoxy) is 1. The second-order valence-corrected chi connectivity index (χ2v) is 8.77. The number of carboxylic acid groups (broad SMARTS) is 1. The molecular weight excluding hydrogens is 399 g/mol. The summed E-state index contributed by atoms with van der Waals surface area (Å²) in [4.78, 5) is 14.1. The maximum atomic E-state index is 12.5. The van der Waals surface area contributed by atoms with Crippen LogP contribution in [0.4, 0.5) is 13.2 Å². The predicted octanol–water partition coefficient (Wildman–Crippen LogP) is 4.67. The molecule has 0 spiro atoms. The van der Waals surface area contributed by atoms with Crippen LogP contribution in [0.2, 0.25) is 0 Å². The van der Waals surface area contributed by atoms with E-state index in [1.54, 1.807) is 13.0 Å². The van der Waals surface area contributed by atoms with Crippen molar-refractivity contribution >= 4 is 5.97 Å². The van der Waals surface area contributed by atoms with Gasteiger partial charge in [0.1, 0.15) is 0 Å². The molecular formula is C22H26F3NO4. The van der Waals surface area contributed by atoms with Gasteiger partial charge in [-0.1, -0.05) is 18.2 Å². The van der Waals surface area contributed by atoms with Crippen molar-refractivity contribution in [2.75, 3.05) is 13.1 Å². The van der Waals surface area contributed by atoms with Gasteiger partial charge in [0.15, 0.2) is 11.5 Å². The Kier molecular flexibility index (Phi) is 5.66. The number of hydrogen-bond donors (Lipinski definition) is 2. The summed E-state index contributed by atoms with van der Waals surface area (Å²) in [6, 6.07) is 3.98. The van der Waals surface area contributed by atoms with Crippen LogP contribution in [0.3, 0.4) is 0 Å². The number of rotatable bonds is 6. The largest absolute Gasteiger partial charge is 0.573 e. The minimum absolute atomic E-state index is 0.312. The van der Waals surface area contributed by atoms with Crippen LogP contribution in [-0.4, -0.2) is 46.1 Å². The molecule has 0 saturated carbocycles. The molecule has 2 N–H and O–H groups in total. The van der Waals surface area contributed by atoms with E-state index in [9.17, 15) is 28.2 Å². The molecule has 0 amide bonds. The zero-order chi connectivity index (χ0) is 22.3. The van der Waals surface area contributed by atoms with Gasteiger partial charge in [0.2, 0.25) is 0 Å². The molecule has 1 aromatic carbocycles. The molecule has 0 saturated heterocycles. The number of aliphatic carboxylic acids is 1. The number of phenolic OH excluding ortho intramolecular Hbond substituents is 1. The lowest BCUT2D eigenvalue weighted by Gasteiger charge is -2.37. The lowest BCUT2D eigenvalue weighted by atomic mass is 9.75. The van der Waals surface area contributed by atoms with E-state index < -0.39 is 29.2 Å². The monoisotopic (exact) mass is 425 g/mol. The average Bonchev–Trinajstić information content (AvgIpc) is 3.08. The first-order chi connectivity index (χ1) is 13.8. The molecule has 164 valence electrons. The molecule has 2 aliphatic rings. The number of benzene rings is 1. The van der Waals surface area contributed by atoms with Gasteiger partial charge in [-0.15, -0.1) is 13.2 Å². The van der Waals surface area contributed by atoms with E-state index in [1.807, 2.05) is 26.0 Å². The quantitative estimate of drug-likeness (QED) is 0.694. The van der Waals surface area contributed by atoms with E-state index in [0.29, 0.717) is 37.9 Å². The van der Waals surface area contributed by atoms with Crippen LogP contribution in [-0.2, 0) is 11.2 Å². The standard InChI is InChI=1S/C22H26F3NO4/c1-20(2,10-8-14-6-7-17(27)18(11-14)30-22(23,24)25)26-12-15-5-4-9-21(3,19(28)29)16(15)13-26/h4-7,11,27H,8-10,12-13H2,1-3H3,(H,28,29). The van der Waals surface area contributed by atoms with Crippen molar-refractivity contribution in [1.29, 1.82) is 0 Å². The van der Waals surface area contributed by atoms with Gasteiger partial charge in [-0.05, 0) is 68.9 Å². The first-order valence-electron chi connectivity index (χ1n) is 9.77. The molecule has 1 aliphatic heterocycles. The van der Waals surface area contributed by atoms with Gasteiger partial charge in [-0.2, -0.15) is 0 Å². The minimum Gasteiger partial charge on any atom is -0.504 e. The Morgan fingerprint density at radius 3 is 2.60 bits per heavy atom. The summed E-state index contributed by atoms with van der Waals surface area (Å²) in [5, 5.41) is 19.3. The van der Waals surface area contributed by atoms with Crippen molar-refractivity contribution in [3.8, 4) is 11.5 Å². The van der Waals surface area contributed by atoms with Crippen LogP contribution in [0.15, 0.2) is 41.5 Å². The van der Waals surface area contributed by atoms with Crippen molar-refractivity contribution in [3.63, 3.8) is 0 Å². The molecule has 0 aromatic heterocycles. The summed E-state index contributed by atoms with van der Waals surface area (Å²) < 4.78 is 41.4. The molecule has 0 fully saturated rings. The number of phenols is 1. The number of aromatic hydroxyl groups is 1. The fourth-order valence-electron chi connectivity index (χ4n) is 4.06. The molecule has 1 atom stereocenters. The highest BCUT2D eigenvalue weighted by atomic mass is 19.4. The fraction of sp³-hybridized carbons (Fsp3) is 0.500. The third kappa shape index (κ3) is 4.48. The van der Waals surface area contributed by atoms with Crippen molar-refractivity contribution in [3.05, 3.63) is 47.1 Å². The van der Waals surface area contributed by atoms with Gasteiger partial charge in [-0.25, -0.2) is 0 Å². The number of nitrogens with zero attached hydrogens (tertiary/aromatic N) is 1. The van der Waals surface area contributed by atoms with Crippen molar-refractivity contribution in [1.82, 2.24) is 4.90 Å². The van der Waals surface area contributed by atoms with E-state index in [1.165, 1.54) is 12.1 Å². The lowest BCUT2D eigenvalue weighted by molar-refractivity contribution is -0.275. The summed E-state index contributed by atoms with van der Waals surface area (Å²) >= 11 is 0. The Hall–Kier alpha value is -2.48. The zero-order valence-electron chi connectivity index (χ0n) is 17.2. The van der Waals surface area contributed by atoms with Gasteiger partial charge in [0, 0.05) is 18.6 Å². The molecule has 5 nitrogen and oxygen atoms in total. The predicted molar refractivity (Wildman–Crippen MR) is 105 cm³/mol. The van der Waals surface area contributed by atoms with Gasteiger partial charge >= 0.3 is 12.3 Å². The Morgan fingerprint density at radius 2 is 1.97 bits per heavy atom. The first kappa shape index (κ1) is 22.2. The third-order valence-electron chi connectivity index (χ3n) is 6.21. The third-order valence-corrected chi connectivity index (χ3v) is 6.21. The van der Waals surface area contributed by atoms with E-state index in [2.05, 4.69) is 9.64 Å². The van der Waals surface area contributed by atoms with Crippen molar-refractivity contribution in [2.24, 2.45) is 5.41 Å². The molecule has 1 unspecified atom stereocenters. The number of aryl methyl sites for hydroxylation is 1. The van der Waals surface area contributed by atoms with E-state index in [4.69, 9.17) is 0 Å². The minimum atomic E-state index is -4.88. The maximum absolute atomic E-state index is 12.5. The molecule has 0 radical (unpaired) electrons. The highest BCUT2D eigenvalue weighted by molar-refractivity contribution is 5.80. The molecule has 8 heteroatoms. The highest BCUT2D eigenvalue weighted by Gasteiger charge is 2.45. The summed E-state index contributed by atoms with van der Waals surface area (Å²) in [5.74, 6) is -2.01. The SMILES string of the molecule is CC1(C(=O)O)CC=CC2=C1CN(C(C)(C)CCc1ccc(O)c(OC(F)(F)F)c1)C2. The van der Waals surface area contributed by atoms with E-state index >= 15 is 0 Å². The fourth-order valence-corrected chi connectivity index (χ4v) is 4.06. The average molecular weight is 425 g/mol. The zero-order valence-corrected chi connectivity index (χ0v) is 17.2. The smallest absolute Gasteiger partial charge is 0.504 e. The van der Waals surface area contributed by atoms with Gasteiger partial charge in [-0.3, -0.25) is 9.69 Å².